The van der Waals surface area contributed by atoms with Gasteiger partial charge in [0.25, 0.3) is 0 Å². The minimum absolute atomic E-state index is 0. The Bertz CT molecular complexity index is 467. The normalized spacial score (nSPS) is 6.91. The van der Waals surface area contributed by atoms with E-state index in [-0.39, 0.29) is 95.6 Å². The summed E-state index contributed by atoms with van der Waals surface area (Å²) in [5.41, 5.74) is 8.26. The van der Waals surface area contributed by atoms with Crippen molar-refractivity contribution in [2.75, 3.05) is 0 Å². The Kier molecular flexibility index (Phi) is 33.5. The number of benzene rings is 1. The van der Waals surface area contributed by atoms with E-state index in [0.29, 0.717) is 5.69 Å². The Labute approximate surface area is 195 Å². The van der Waals surface area contributed by atoms with Crippen LogP contribution in [0.25, 0.3) is 17.0 Å². The molecule has 0 aliphatic rings. The maximum atomic E-state index is 10.6. The smallest absolute Gasteiger partial charge is 0.0712 e. The monoisotopic (exact) mass is 637 g/mol. The Morgan fingerprint density at radius 2 is 1.82 bits per heavy atom. The molecule has 0 bridgehead atoms. The first kappa shape index (κ1) is 34.1. The summed E-state index contributed by atoms with van der Waals surface area (Å²) in [7, 11) is 0. The van der Waals surface area contributed by atoms with E-state index in [1.165, 1.54) is 6.20 Å². The molecule has 0 saturated heterocycles. The van der Waals surface area contributed by atoms with E-state index < -0.39 is 5.91 Å². The van der Waals surface area contributed by atoms with Crippen LogP contribution in [0.4, 0.5) is 0 Å². The molecule has 2 rings (SSSR count). The van der Waals surface area contributed by atoms with Crippen molar-refractivity contribution in [3.8, 4) is 11.3 Å². The number of carbonyl (C=O) groups excluding carboxylic acids is 1. The third-order valence-corrected chi connectivity index (χ3v) is 1.74. The van der Waals surface area contributed by atoms with Gasteiger partial charge in [0.15, 0.2) is 0 Å². The van der Waals surface area contributed by atoms with Crippen LogP contribution in [0, 0.1) is 44.6 Å². The zero-order valence-corrected chi connectivity index (χ0v) is 22.1. The summed E-state index contributed by atoms with van der Waals surface area (Å²) >= 11 is 0. The summed E-state index contributed by atoms with van der Waals surface area (Å²) < 4.78 is 0. The molecule has 2 radical (unpaired) electrons. The van der Waals surface area contributed by atoms with Gasteiger partial charge >= 0.3 is 0 Å². The summed E-state index contributed by atoms with van der Waals surface area (Å²) in [6.07, 6.45) is 1.48. The van der Waals surface area contributed by atoms with Crippen molar-refractivity contribution in [3.63, 3.8) is 0 Å². The molecule has 4 nitrogen and oxygen atoms in total. The van der Waals surface area contributed by atoms with Gasteiger partial charge in [0.1, 0.15) is 0 Å². The second kappa shape index (κ2) is 21.6. The third kappa shape index (κ3) is 12.1. The predicted molar refractivity (Wildman–Crippen MR) is 79.6 cm³/mol. The summed E-state index contributed by atoms with van der Waals surface area (Å²) in [4.78, 5) is 18.3. The van der Waals surface area contributed by atoms with Crippen LogP contribution in [0.2, 0.25) is 0 Å². The number of nitrogens with one attached hydrogen (secondary N) is 1. The predicted octanol–water partition coefficient (Wildman–Crippen LogP) is 4.20. The van der Waals surface area contributed by atoms with Gasteiger partial charge in [-0.05, 0) is 5.82 Å². The summed E-state index contributed by atoms with van der Waals surface area (Å²) in [6.45, 7) is 8.00. The molecule has 1 aromatic carbocycles. The zero-order chi connectivity index (χ0) is 14.0. The van der Waals surface area contributed by atoms with Crippen LogP contribution < -0.4 is 4.98 Å². The van der Waals surface area contributed by atoms with E-state index in [4.69, 9.17) is 5.73 Å². The minimum atomic E-state index is -0.865. The molecule has 1 heterocycles. The Balaban J connectivity index is -0.000000112. The van der Waals surface area contributed by atoms with Crippen LogP contribution in [0.15, 0.2) is 30.5 Å². The van der Waals surface area contributed by atoms with Crippen molar-refractivity contribution in [1.82, 2.24) is 9.97 Å². The first-order chi connectivity index (χ1) is 8.77. The van der Waals surface area contributed by atoms with Gasteiger partial charge in [-0.2, -0.15) is 30.3 Å². The first-order valence-corrected chi connectivity index (χ1v) is 5.99. The molecule has 1 aromatic heterocycles. The second-order valence-corrected chi connectivity index (χ2v) is 2.70. The molecular weight excluding hydrogens is 616 g/mol. The Morgan fingerprint density at radius 1 is 1.27 bits per heavy atom. The van der Waals surface area contributed by atoms with Crippen molar-refractivity contribution in [3.05, 3.63) is 55.5 Å². The average molecular weight is 637 g/mol. The standard InChI is InChI=1S/C10H7N3O.2C2H6.CH3.U.V.Y/c11-9(14)10-12-6-8(13-10)7-4-2-1-3-5-7;2*1-2;;;;/h1-2,4-6H,(H2-,11,12,13,14);2*1-2H3;1H3;;;/q-2;;;-1;;;/p-1. The SMILES string of the molecule is CC.CC.[CH3-].[NH-]C(=O)c1ncc(-c2c[c-]ccc2)[n-]1.[U].[V].[Y]. The summed E-state index contributed by atoms with van der Waals surface area (Å²) in [5, 5.41) is 0. The average Bonchev–Trinajstić information content (AvgIpc) is 2.94. The molecule has 0 atom stereocenters. The molecule has 2 aromatic rings. The molecule has 0 aliphatic carbocycles. The summed E-state index contributed by atoms with van der Waals surface area (Å²) in [6, 6.07) is 10.1. The number of aromatic nitrogens is 2. The maximum absolute atomic E-state index is 10.6. The van der Waals surface area contributed by atoms with Crippen LogP contribution in [0.5, 0.6) is 0 Å². The van der Waals surface area contributed by atoms with E-state index in [2.05, 4.69) is 16.0 Å². The number of hydrogen-bond donors (Lipinski definition) is 0. The number of hydrogen-bond acceptors (Lipinski definition) is 2. The van der Waals surface area contributed by atoms with Gasteiger partial charge in [0.05, 0.1) is 5.91 Å². The molecule has 1 N–H and O–H groups in total. The fourth-order valence-corrected chi connectivity index (χ4v) is 1.10. The van der Waals surface area contributed by atoms with Gasteiger partial charge in [-0.15, -0.1) is 5.56 Å². The minimum Gasteiger partial charge on any atom is -0.664 e. The molecule has 7 heteroatoms. The van der Waals surface area contributed by atoms with E-state index in [0.717, 1.165) is 5.56 Å². The molecule has 0 spiro atoms. The molecule has 0 aliphatic heterocycles. The fraction of sp³-hybridized carbons (Fsp3) is 0.267. The number of imidazole rings is 1. The van der Waals surface area contributed by atoms with E-state index in [9.17, 15) is 4.79 Å². The Hall–Kier alpha value is 0.640. The van der Waals surface area contributed by atoms with Crippen molar-refractivity contribution < 1.29 is 87.2 Å². The van der Waals surface area contributed by atoms with Crippen molar-refractivity contribution in [2.24, 2.45) is 0 Å². The van der Waals surface area contributed by atoms with Crippen molar-refractivity contribution in [2.45, 2.75) is 27.7 Å². The number of nitrogens with zero attached hydrogens (tertiary/aromatic N) is 2. The van der Waals surface area contributed by atoms with Gasteiger partial charge in [0.2, 0.25) is 0 Å². The first-order valence-electron chi connectivity index (χ1n) is 5.99. The van der Waals surface area contributed by atoms with Crippen LogP contribution in [-0.4, -0.2) is 10.9 Å². The molecular formula is C15H21N3OUVY-4. The van der Waals surface area contributed by atoms with E-state index in [1.807, 2.05) is 39.8 Å². The van der Waals surface area contributed by atoms with Gasteiger partial charge in [-0.1, -0.05) is 39.6 Å². The Morgan fingerprint density at radius 3 is 2.18 bits per heavy atom. The van der Waals surface area contributed by atoms with Gasteiger partial charge in [-0.3, -0.25) is 0 Å². The van der Waals surface area contributed by atoms with Gasteiger partial charge in [0, 0.05) is 82.4 Å². The largest absolute Gasteiger partial charge is 0.664 e. The van der Waals surface area contributed by atoms with Gasteiger partial charge in [-0.25, -0.2) is 0 Å². The molecule has 1 amide bonds. The van der Waals surface area contributed by atoms with Gasteiger partial charge < -0.3 is 27.9 Å². The number of carbonyl (C=O) groups is 1. The maximum Gasteiger partial charge on any atom is 0.0712 e. The molecule has 0 unspecified atom stereocenters. The fourth-order valence-electron chi connectivity index (χ4n) is 1.10. The van der Waals surface area contributed by atoms with Crippen molar-refractivity contribution >= 4 is 5.91 Å². The number of rotatable bonds is 2. The van der Waals surface area contributed by atoms with E-state index >= 15 is 0 Å². The van der Waals surface area contributed by atoms with E-state index in [1.54, 1.807) is 12.1 Å². The van der Waals surface area contributed by atoms with Crippen molar-refractivity contribution in [1.29, 1.82) is 0 Å². The molecule has 0 saturated carbocycles. The zero-order valence-electron chi connectivity index (χ0n) is 13.7. The third-order valence-electron chi connectivity index (χ3n) is 1.74. The number of amides is 1. The topological polar surface area (TPSA) is 67.9 Å². The van der Waals surface area contributed by atoms with Crippen LogP contribution in [0.3, 0.4) is 0 Å². The summed E-state index contributed by atoms with van der Waals surface area (Å²) in [5.74, 6) is -0.931. The molecule has 22 heavy (non-hydrogen) atoms. The quantitative estimate of drug-likeness (QED) is 0.465. The van der Waals surface area contributed by atoms with Crippen LogP contribution in [-0.2, 0) is 51.3 Å². The van der Waals surface area contributed by atoms with Crippen LogP contribution in [0.1, 0.15) is 38.3 Å². The van der Waals surface area contributed by atoms with Crippen LogP contribution >= 0.6 is 0 Å². The molecule has 118 valence electrons. The molecule has 0 fully saturated rings. The second-order valence-electron chi connectivity index (χ2n) is 2.70.